The van der Waals surface area contributed by atoms with E-state index in [1.807, 2.05) is 25.2 Å². The van der Waals surface area contributed by atoms with Crippen LogP contribution in [0, 0.1) is 5.92 Å². The predicted octanol–water partition coefficient (Wildman–Crippen LogP) is 2.20. The molecule has 0 radical (unpaired) electrons. The molecular weight excluding hydrogens is 256 g/mol. The average Bonchev–Trinajstić information content (AvgIpc) is 3.04. The third-order valence-corrected chi connectivity index (χ3v) is 4.21. The highest BCUT2D eigenvalue weighted by atomic mass is 16.5. The maximum Gasteiger partial charge on any atom is 0.417 e. The van der Waals surface area contributed by atoms with Crippen LogP contribution >= 0.6 is 0 Å². The number of fused-ring (bicyclic) bond motifs is 1. The Bertz CT molecular complexity index is 646. The summed E-state index contributed by atoms with van der Waals surface area (Å²) in [6.07, 6.45) is 2.37. The van der Waals surface area contributed by atoms with Gasteiger partial charge in [-0.3, -0.25) is 4.98 Å². The zero-order valence-corrected chi connectivity index (χ0v) is 11.8. The van der Waals surface area contributed by atoms with Gasteiger partial charge in [-0.25, -0.2) is 4.79 Å². The molecule has 5 heteroatoms. The third kappa shape index (κ3) is 2.27. The molecule has 1 saturated heterocycles. The number of benzene rings is 1. The molecule has 2 N–H and O–H groups in total. The van der Waals surface area contributed by atoms with Crippen molar-refractivity contribution in [1.82, 2.24) is 10.3 Å². The number of H-pyrrole nitrogens is 1. The van der Waals surface area contributed by atoms with Crippen LogP contribution in [-0.4, -0.2) is 24.7 Å². The molecule has 3 rings (SSSR count). The molecule has 108 valence electrons. The summed E-state index contributed by atoms with van der Waals surface area (Å²) >= 11 is 0. The topological polar surface area (TPSA) is 67.3 Å². The van der Waals surface area contributed by atoms with Gasteiger partial charge in [0.15, 0.2) is 5.58 Å². The Kier molecular flexibility index (Phi) is 3.63. The second kappa shape index (κ2) is 5.42. The molecule has 1 aliphatic rings. The molecule has 1 aromatic carbocycles. The van der Waals surface area contributed by atoms with Crippen LogP contribution in [0.1, 0.15) is 31.4 Å². The Labute approximate surface area is 117 Å². The molecule has 1 fully saturated rings. The lowest BCUT2D eigenvalue weighted by Crippen LogP contribution is -2.30. The van der Waals surface area contributed by atoms with Crippen molar-refractivity contribution in [3.05, 3.63) is 34.3 Å². The van der Waals surface area contributed by atoms with Crippen molar-refractivity contribution in [2.45, 2.75) is 31.9 Å². The minimum Gasteiger partial charge on any atom is -0.408 e. The van der Waals surface area contributed by atoms with E-state index >= 15 is 0 Å². The summed E-state index contributed by atoms with van der Waals surface area (Å²) in [5.41, 5.74) is 2.49. The fraction of sp³-hybridized carbons (Fsp3) is 0.533. The van der Waals surface area contributed by atoms with E-state index in [1.54, 1.807) is 0 Å². The van der Waals surface area contributed by atoms with Crippen LogP contribution < -0.4 is 11.1 Å². The van der Waals surface area contributed by atoms with E-state index < -0.39 is 5.76 Å². The Morgan fingerprint density at radius 1 is 1.50 bits per heavy atom. The minimum atomic E-state index is -0.409. The van der Waals surface area contributed by atoms with Gasteiger partial charge >= 0.3 is 5.76 Å². The molecule has 0 saturated carbocycles. The summed E-state index contributed by atoms with van der Waals surface area (Å²) in [4.78, 5) is 13.9. The molecule has 0 amide bonds. The lowest BCUT2D eigenvalue weighted by molar-refractivity contribution is 0.0782. The standard InChI is InChI=1S/C15H20N2O3/c1-3-12-10(6-7-19-12)14(16-2)9-4-5-11-13(8-9)20-15(18)17-11/h4-5,8,10,12,14,16H,3,6-7H2,1-2H3,(H,17,18). The smallest absolute Gasteiger partial charge is 0.408 e. The normalized spacial score (nSPS) is 24.3. The van der Waals surface area contributed by atoms with Crippen molar-refractivity contribution in [2.75, 3.05) is 13.7 Å². The van der Waals surface area contributed by atoms with Gasteiger partial charge in [0.25, 0.3) is 0 Å². The summed E-state index contributed by atoms with van der Waals surface area (Å²) in [5, 5.41) is 3.39. The van der Waals surface area contributed by atoms with Gasteiger partial charge in [-0.1, -0.05) is 13.0 Å². The number of nitrogens with one attached hydrogen (secondary N) is 2. The van der Waals surface area contributed by atoms with E-state index in [4.69, 9.17) is 9.15 Å². The lowest BCUT2D eigenvalue weighted by Gasteiger charge is -2.27. The number of aromatic amines is 1. The molecular formula is C15H20N2O3. The van der Waals surface area contributed by atoms with Crippen LogP contribution in [0.5, 0.6) is 0 Å². The largest absolute Gasteiger partial charge is 0.417 e. The molecule has 5 nitrogen and oxygen atoms in total. The molecule has 3 atom stereocenters. The molecule has 2 heterocycles. The zero-order valence-electron chi connectivity index (χ0n) is 11.8. The van der Waals surface area contributed by atoms with Gasteiger partial charge in [0.1, 0.15) is 0 Å². The summed E-state index contributed by atoms with van der Waals surface area (Å²) in [7, 11) is 1.97. The molecule has 0 bridgehead atoms. The Balaban J connectivity index is 1.95. The van der Waals surface area contributed by atoms with Crippen LogP contribution in [0.15, 0.2) is 27.4 Å². The van der Waals surface area contributed by atoms with Gasteiger partial charge in [0, 0.05) is 18.6 Å². The minimum absolute atomic E-state index is 0.215. The number of hydrogen-bond acceptors (Lipinski definition) is 4. The van der Waals surface area contributed by atoms with E-state index in [0.717, 1.165) is 30.5 Å². The summed E-state index contributed by atoms with van der Waals surface area (Å²) in [6.45, 7) is 2.98. The highest BCUT2D eigenvalue weighted by Crippen LogP contribution is 2.35. The summed E-state index contributed by atoms with van der Waals surface area (Å²) in [6, 6.07) is 6.10. The first-order valence-electron chi connectivity index (χ1n) is 7.14. The summed E-state index contributed by atoms with van der Waals surface area (Å²) < 4.78 is 10.9. The second-order valence-electron chi connectivity index (χ2n) is 5.31. The van der Waals surface area contributed by atoms with Crippen molar-refractivity contribution in [1.29, 1.82) is 0 Å². The van der Waals surface area contributed by atoms with Crippen LogP contribution in [0.2, 0.25) is 0 Å². The van der Waals surface area contributed by atoms with Crippen molar-refractivity contribution in [3.8, 4) is 0 Å². The number of hydrogen-bond donors (Lipinski definition) is 2. The highest BCUT2D eigenvalue weighted by molar-refractivity contribution is 5.72. The quantitative estimate of drug-likeness (QED) is 0.898. The van der Waals surface area contributed by atoms with E-state index in [-0.39, 0.29) is 6.04 Å². The van der Waals surface area contributed by atoms with E-state index in [2.05, 4.69) is 17.2 Å². The fourth-order valence-electron chi connectivity index (χ4n) is 3.25. The van der Waals surface area contributed by atoms with Gasteiger partial charge in [-0.2, -0.15) is 0 Å². The van der Waals surface area contributed by atoms with Crippen molar-refractivity contribution >= 4 is 11.1 Å². The van der Waals surface area contributed by atoms with E-state index in [9.17, 15) is 4.79 Å². The lowest BCUT2D eigenvalue weighted by atomic mass is 9.87. The first-order valence-corrected chi connectivity index (χ1v) is 7.14. The maximum atomic E-state index is 11.2. The van der Waals surface area contributed by atoms with Gasteiger partial charge < -0.3 is 14.5 Å². The van der Waals surface area contributed by atoms with Crippen LogP contribution in [-0.2, 0) is 4.74 Å². The van der Waals surface area contributed by atoms with Crippen LogP contribution in [0.3, 0.4) is 0 Å². The molecule has 1 aliphatic heterocycles. The average molecular weight is 276 g/mol. The molecule has 1 aromatic heterocycles. The van der Waals surface area contributed by atoms with Crippen LogP contribution in [0.25, 0.3) is 11.1 Å². The Morgan fingerprint density at radius 3 is 3.10 bits per heavy atom. The van der Waals surface area contributed by atoms with E-state index in [0.29, 0.717) is 17.6 Å². The Morgan fingerprint density at radius 2 is 2.35 bits per heavy atom. The number of oxazole rings is 1. The molecule has 20 heavy (non-hydrogen) atoms. The monoisotopic (exact) mass is 276 g/mol. The molecule has 0 spiro atoms. The maximum absolute atomic E-state index is 11.2. The third-order valence-electron chi connectivity index (χ3n) is 4.21. The fourth-order valence-corrected chi connectivity index (χ4v) is 3.25. The predicted molar refractivity (Wildman–Crippen MR) is 76.8 cm³/mol. The van der Waals surface area contributed by atoms with Crippen molar-refractivity contribution in [2.24, 2.45) is 5.92 Å². The second-order valence-corrected chi connectivity index (χ2v) is 5.31. The van der Waals surface area contributed by atoms with Gasteiger partial charge in [0.05, 0.1) is 11.6 Å². The highest BCUT2D eigenvalue weighted by Gasteiger charge is 2.33. The van der Waals surface area contributed by atoms with E-state index in [1.165, 1.54) is 0 Å². The van der Waals surface area contributed by atoms with Gasteiger partial charge in [0.2, 0.25) is 0 Å². The first kappa shape index (κ1) is 13.4. The summed E-state index contributed by atoms with van der Waals surface area (Å²) in [5.74, 6) is 0.0434. The SMILES string of the molecule is CCC1OCCC1C(NC)c1ccc2[nH]c(=O)oc2c1. The van der Waals surface area contributed by atoms with Gasteiger partial charge in [-0.15, -0.1) is 0 Å². The molecule has 2 aromatic rings. The number of rotatable bonds is 4. The zero-order chi connectivity index (χ0) is 14.1. The first-order chi connectivity index (χ1) is 9.72. The Hall–Kier alpha value is -1.59. The number of ether oxygens (including phenoxy) is 1. The van der Waals surface area contributed by atoms with Crippen molar-refractivity contribution in [3.63, 3.8) is 0 Å². The van der Waals surface area contributed by atoms with Gasteiger partial charge in [-0.05, 0) is 37.6 Å². The van der Waals surface area contributed by atoms with Crippen LogP contribution in [0.4, 0.5) is 0 Å². The molecule has 3 unspecified atom stereocenters. The molecule has 0 aliphatic carbocycles. The number of aromatic nitrogens is 1. The van der Waals surface area contributed by atoms with Crippen molar-refractivity contribution < 1.29 is 9.15 Å².